The van der Waals surface area contributed by atoms with Crippen LogP contribution in [0.2, 0.25) is 0 Å². The van der Waals surface area contributed by atoms with Gasteiger partial charge in [-0.15, -0.1) is 5.10 Å². The van der Waals surface area contributed by atoms with E-state index in [1.807, 2.05) is 11.6 Å². The van der Waals surface area contributed by atoms with Crippen molar-refractivity contribution < 1.29 is 43.4 Å². The summed E-state index contributed by atoms with van der Waals surface area (Å²) in [7, 11) is 4.54. The van der Waals surface area contributed by atoms with Crippen LogP contribution in [0, 0.1) is 0 Å². The molecule has 0 spiro atoms. The minimum absolute atomic E-state index is 0.220. The summed E-state index contributed by atoms with van der Waals surface area (Å²) < 4.78 is 35.7. The quantitative estimate of drug-likeness (QED) is 0.204. The van der Waals surface area contributed by atoms with Gasteiger partial charge in [0.1, 0.15) is 24.0 Å². The molecule has 2 aromatic heterocycles. The smallest absolute Gasteiger partial charge is 0.252 e. The summed E-state index contributed by atoms with van der Waals surface area (Å²) in [5.74, 6) is -0.504. The first-order valence-corrected chi connectivity index (χ1v) is 11.9. The van der Waals surface area contributed by atoms with Crippen LogP contribution in [0.4, 0.5) is 0 Å². The van der Waals surface area contributed by atoms with Crippen LogP contribution in [0.15, 0.2) is 18.7 Å². The van der Waals surface area contributed by atoms with Gasteiger partial charge in [0, 0.05) is 27.8 Å². The largest absolute Gasteiger partial charge is 0.387 e. The number of nitrogens with one attached hydrogen (secondary N) is 1. The molecule has 3 rings (SSSR count). The number of methoxy groups -OCH3 is 2. The summed E-state index contributed by atoms with van der Waals surface area (Å²) >= 11 is 0. The summed E-state index contributed by atoms with van der Waals surface area (Å²) in [4.78, 5) is 16.6. The fraction of sp³-hybridized carbons (Fsp3) is 0.727. The molecule has 2 aromatic rings. The summed E-state index contributed by atoms with van der Waals surface area (Å²) in [5, 5.41) is 30.8. The Morgan fingerprint density at radius 3 is 2.35 bits per heavy atom. The number of hydrogen-bond acceptors (Lipinski definition) is 12. The molecular weight excluding hydrogens is 492 g/mol. The second-order valence-electron chi connectivity index (χ2n) is 8.20. The lowest BCUT2D eigenvalue weighted by atomic mass is 9.98. The topological polar surface area (TPSA) is 173 Å². The van der Waals surface area contributed by atoms with Crippen molar-refractivity contribution in [1.82, 2.24) is 29.9 Å². The summed E-state index contributed by atoms with van der Waals surface area (Å²) in [6, 6.07) is 0. The summed E-state index contributed by atoms with van der Waals surface area (Å²) in [6.45, 7) is 3.06. The van der Waals surface area contributed by atoms with E-state index in [-0.39, 0.29) is 13.2 Å². The lowest BCUT2D eigenvalue weighted by Crippen LogP contribution is -2.62. The van der Waals surface area contributed by atoms with Gasteiger partial charge in [-0.05, 0) is 0 Å². The number of aliphatic hydroxyl groups is 2. The van der Waals surface area contributed by atoms with Gasteiger partial charge >= 0.3 is 0 Å². The molecule has 0 radical (unpaired) electrons. The van der Waals surface area contributed by atoms with E-state index in [2.05, 4.69) is 20.6 Å². The molecule has 3 heterocycles. The highest BCUT2D eigenvalue weighted by molar-refractivity contribution is 5.81. The molecule has 37 heavy (non-hydrogen) atoms. The van der Waals surface area contributed by atoms with Gasteiger partial charge in [0.2, 0.25) is 0 Å². The molecule has 1 unspecified atom stereocenters. The SMILES string of the molecule is CO[C@@H]1OC(C(=O)NCCOCCOCCOCCn2nncc2-c2cncn2C)[C@@H](OC)[C@H](O)[C@@H]1O. The van der Waals surface area contributed by atoms with Crippen LogP contribution in [0.25, 0.3) is 11.4 Å². The average molecular weight is 529 g/mol. The molecule has 0 bridgehead atoms. The Balaban J connectivity index is 1.20. The Morgan fingerprint density at radius 1 is 1.00 bits per heavy atom. The summed E-state index contributed by atoms with van der Waals surface area (Å²) in [5.41, 5.74) is 1.79. The Hall–Kier alpha value is -2.50. The van der Waals surface area contributed by atoms with E-state index in [4.69, 9.17) is 28.4 Å². The Morgan fingerprint density at radius 2 is 1.70 bits per heavy atom. The molecule has 0 saturated carbocycles. The fourth-order valence-corrected chi connectivity index (χ4v) is 3.77. The summed E-state index contributed by atoms with van der Waals surface area (Å²) in [6.07, 6.45) is -0.787. The van der Waals surface area contributed by atoms with Gasteiger partial charge in [0.25, 0.3) is 5.91 Å². The third kappa shape index (κ3) is 7.99. The number of hydrogen-bond donors (Lipinski definition) is 3. The van der Waals surface area contributed by atoms with Crippen LogP contribution >= 0.6 is 0 Å². The number of ether oxygens (including phenoxy) is 6. The van der Waals surface area contributed by atoms with Crippen LogP contribution in [-0.2, 0) is 46.8 Å². The van der Waals surface area contributed by atoms with Gasteiger partial charge in [-0.2, -0.15) is 0 Å². The second-order valence-corrected chi connectivity index (χ2v) is 8.20. The van der Waals surface area contributed by atoms with Crippen LogP contribution in [0.5, 0.6) is 0 Å². The minimum atomic E-state index is -1.33. The van der Waals surface area contributed by atoms with Crippen LogP contribution in [0.3, 0.4) is 0 Å². The first-order chi connectivity index (χ1) is 18.0. The molecule has 5 atom stereocenters. The molecule has 0 aromatic carbocycles. The van der Waals surface area contributed by atoms with Gasteiger partial charge in [-0.3, -0.25) is 4.79 Å². The molecular formula is C22H36N6O9. The van der Waals surface area contributed by atoms with E-state index in [9.17, 15) is 15.0 Å². The van der Waals surface area contributed by atoms with E-state index < -0.39 is 36.6 Å². The van der Waals surface area contributed by atoms with Crippen molar-refractivity contribution in [1.29, 1.82) is 0 Å². The highest BCUT2D eigenvalue weighted by atomic mass is 16.7. The highest BCUT2D eigenvalue weighted by Crippen LogP contribution is 2.23. The minimum Gasteiger partial charge on any atom is -0.387 e. The third-order valence-electron chi connectivity index (χ3n) is 5.74. The normalized spacial score (nSPS) is 23.9. The van der Waals surface area contributed by atoms with E-state index in [1.165, 1.54) is 14.2 Å². The van der Waals surface area contributed by atoms with Crippen molar-refractivity contribution in [2.24, 2.45) is 7.05 Å². The number of imidazole rings is 1. The lowest BCUT2D eigenvalue weighted by Gasteiger charge is -2.40. The van der Waals surface area contributed by atoms with Crippen molar-refractivity contribution in [2.45, 2.75) is 37.3 Å². The average Bonchev–Trinajstić information content (AvgIpc) is 3.54. The maximum absolute atomic E-state index is 12.4. The molecule has 15 nitrogen and oxygen atoms in total. The monoisotopic (exact) mass is 528 g/mol. The Labute approximate surface area is 214 Å². The zero-order valence-electron chi connectivity index (χ0n) is 21.3. The number of nitrogens with zero attached hydrogens (tertiary/aromatic N) is 5. The lowest BCUT2D eigenvalue weighted by molar-refractivity contribution is -0.287. The van der Waals surface area contributed by atoms with E-state index in [0.29, 0.717) is 39.6 Å². The number of carbonyl (C=O) groups excluding carboxylic acids is 1. The zero-order chi connectivity index (χ0) is 26.6. The molecule has 208 valence electrons. The molecule has 1 aliphatic heterocycles. The number of aliphatic hydroxyl groups excluding tert-OH is 2. The van der Waals surface area contributed by atoms with Gasteiger partial charge < -0.3 is 48.5 Å². The molecule has 1 fully saturated rings. The first-order valence-electron chi connectivity index (χ1n) is 11.9. The van der Waals surface area contributed by atoms with Crippen LogP contribution in [0.1, 0.15) is 0 Å². The van der Waals surface area contributed by atoms with Gasteiger partial charge in [0.05, 0.1) is 70.6 Å². The van der Waals surface area contributed by atoms with Gasteiger partial charge in [0.15, 0.2) is 12.4 Å². The number of rotatable bonds is 16. The number of aromatic nitrogens is 5. The van der Waals surface area contributed by atoms with Crippen molar-refractivity contribution in [3.63, 3.8) is 0 Å². The zero-order valence-corrected chi connectivity index (χ0v) is 21.3. The predicted molar refractivity (Wildman–Crippen MR) is 126 cm³/mol. The second kappa shape index (κ2) is 15.0. The molecule has 1 amide bonds. The predicted octanol–water partition coefficient (Wildman–Crippen LogP) is -2.05. The molecule has 1 aliphatic rings. The number of aryl methyl sites for hydroxylation is 1. The van der Waals surface area contributed by atoms with E-state index in [0.717, 1.165) is 11.4 Å². The number of carbonyl (C=O) groups is 1. The Kier molecular flexibility index (Phi) is 11.8. The van der Waals surface area contributed by atoms with E-state index >= 15 is 0 Å². The van der Waals surface area contributed by atoms with Crippen molar-refractivity contribution in [3.8, 4) is 11.4 Å². The number of amides is 1. The Bertz CT molecular complexity index is 941. The van der Waals surface area contributed by atoms with Crippen molar-refractivity contribution in [2.75, 3.05) is 60.4 Å². The standard InChI is InChI=1S/C22H36N6O9/c1-27-14-23-12-15(27)16-13-25-26-28(16)5-7-35-9-11-36-10-8-34-6-4-24-21(31)20-19(32-2)17(29)18(30)22(33-3)37-20/h12-14,17-20,22,29-30H,4-11H2,1-3H3,(H,24,31)/t17-,18+,19+,20?,22-/m1/s1. The maximum atomic E-state index is 12.4. The first kappa shape index (κ1) is 29.1. The van der Waals surface area contributed by atoms with Crippen molar-refractivity contribution >= 4 is 5.91 Å². The van der Waals surface area contributed by atoms with Crippen LogP contribution in [-0.4, -0.2) is 132 Å². The van der Waals surface area contributed by atoms with E-state index in [1.54, 1.807) is 23.4 Å². The fourth-order valence-electron chi connectivity index (χ4n) is 3.77. The van der Waals surface area contributed by atoms with Gasteiger partial charge in [-0.1, -0.05) is 5.21 Å². The van der Waals surface area contributed by atoms with Gasteiger partial charge in [-0.25, -0.2) is 9.67 Å². The molecule has 1 saturated heterocycles. The molecule has 15 heteroatoms. The maximum Gasteiger partial charge on any atom is 0.252 e. The molecule has 3 N–H and O–H groups in total. The third-order valence-corrected chi connectivity index (χ3v) is 5.74. The molecule has 0 aliphatic carbocycles. The van der Waals surface area contributed by atoms with Crippen LogP contribution < -0.4 is 5.32 Å². The highest BCUT2D eigenvalue weighted by Gasteiger charge is 2.47. The van der Waals surface area contributed by atoms with Crippen molar-refractivity contribution in [3.05, 3.63) is 18.7 Å².